The van der Waals surface area contributed by atoms with Gasteiger partial charge in [-0.2, -0.15) is 13.2 Å². The Labute approximate surface area is 129 Å². The van der Waals surface area contributed by atoms with Gasteiger partial charge in [-0.1, -0.05) is 58.4 Å². The smallest absolute Gasteiger partial charge is 0.272 e. The summed E-state index contributed by atoms with van der Waals surface area (Å²) in [6, 6.07) is 14.3. The summed E-state index contributed by atoms with van der Waals surface area (Å²) in [6.45, 7) is 1.65. The molecule has 0 saturated heterocycles. The largest absolute Gasteiger partial charge is 0.433 e. The van der Waals surface area contributed by atoms with Crippen molar-refractivity contribution in [2.45, 2.75) is 19.1 Å². The molecule has 0 radical (unpaired) electrons. The van der Waals surface area contributed by atoms with Crippen LogP contribution in [0.15, 0.2) is 64.1 Å². The zero-order valence-corrected chi connectivity index (χ0v) is 12.8. The first-order valence-electron chi connectivity index (χ1n) is 6.34. The van der Waals surface area contributed by atoms with Gasteiger partial charge in [0, 0.05) is 10.0 Å². The van der Waals surface area contributed by atoms with Gasteiger partial charge in [-0.25, -0.2) is 0 Å². The number of nitrogens with zero attached hydrogens (tertiary/aromatic N) is 1. The molecule has 0 unspecified atom stereocenters. The molecule has 0 bridgehead atoms. The minimum atomic E-state index is -4.49. The molecule has 0 aliphatic rings. The van der Waals surface area contributed by atoms with Gasteiger partial charge >= 0.3 is 6.18 Å². The van der Waals surface area contributed by atoms with Crippen LogP contribution in [0.3, 0.4) is 0 Å². The van der Waals surface area contributed by atoms with E-state index in [2.05, 4.69) is 20.9 Å². The van der Waals surface area contributed by atoms with Crippen LogP contribution < -0.4 is 0 Å². The second-order valence-corrected chi connectivity index (χ2v) is 5.48. The van der Waals surface area contributed by atoms with Gasteiger partial charge in [0.15, 0.2) is 0 Å². The second-order valence-electron chi connectivity index (χ2n) is 4.57. The van der Waals surface area contributed by atoms with E-state index in [4.69, 9.17) is 0 Å². The Morgan fingerprint density at radius 2 is 1.57 bits per heavy atom. The first-order chi connectivity index (χ1) is 9.88. The highest BCUT2D eigenvalue weighted by Gasteiger charge is 2.37. The van der Waals surface area contributed by atoms with Gasteiger partial charge < -0.3 is 0 Å². The van der Waals surface area contributed by atoms with Crippen molar-refractivity contribution in [2.75, 3.05) is 0 Å². The van der Waals surface area contributed by atoms with Gasteiger partial charge in [0.25, 0.3) is 0 Å². The quantitative estimate of drug-likeness (QED) is 0.639. The highest BCUT2D eigenvalue weighted by molar-refractivity contribution is 9.10. The van der Waals surface area contributed by atoms with E-state index in [-0.39, 0.29) is 5.56 Å². The monoisotopic (exact) mass is 355 g/mol. The first kappa shape index (κ1) is 15.8. The van der Waals surface area contributed by atoms with Crippen LogP contribution >= 0.6 is 15.9 Å². The van der Waals surface area contributed by atoms with Crippen LogP contribution in [0.25, 0.3) is 0 Å². The molecule has 0 saturated carbocycles. The zero-order valence-electron chi connectivity index (χ0n) is 11.2. The van der Waals surface area contributed by atoms with Gasteiger partial charge in [-0.05, 0) is 24.6 Å². The molecule has 0 amide bonds. The molecule has 0 aliphatic heterocycles. The van der Waals surface area contributed by atoms with Crippen LogP contribution in [0, 0.1) is 0 Å². The Balaban J connectivity index is 2.41. The SMILES string of the molecule is C[C@@H](N=C(c1ccc(Br)cc1)C(F)(F)F)c1ccccc1. The van der Waals surface area contributed by atoms with E-state index in [0.29, 0.717) is 0 Å². The molecule has 5 heteroatoms. The van der Waals surface area contributed by atoms with Crippen LogP contribution in [-0.2, 0) is 0 Å². The van der Waals surface area contributed by atoms with Crippen LogP contribution in [0.5, 0.6) is 0 Å². The van der Waals surface area contributed by atoms with Crippen molar-refractivity contribution in [3.63, 3.8) is 0 Å². The number of rotatable bonds is 3. The highest BCUT2D eigenvalue weighted by atomic mass is 79.9. The maximum atomic E-state index is 13.2. The van der Waals surface area contributed by atoms with Crippen molar-refractivity contribution < 1.29 is 13.2 Å². The summed E-state index contributed by atoms with van der Waals surface area (Å²) in [5.41, 5.74) is -0.0452. The molecule has 0 aromatic heterocycles. The topological polar surface area (TPSA) is 12.4 Å². The summed E-state index contributed by atoms with van der Waals surface area (Å²) in [5, 5.41) is 0. The number of hydrogen-bond acceptors (Lipinski definition) is 1. The van der Waals surface area contributed by atoms with E-state index in [1.165, 1.54) is 12.1 Å². The molecule has 0 fully saturated rings. The van der Waals surface area contributed by atoms with Crippen molar-refractivity contribution in [2.24, 2.45) is 4.99 Å². The van der Waals surface area contributed by atoms with E-state index in [1.807, 2.05) is 6.07 Å². The Hall–Kier alpha value is -1.62. The molecule has 0 N–H and O–H groups in total. The zero-order chi connectivity index (χ0) is 15.5. The van der Waals surface area contributed by atoms with E-state index < -0.39 is 17.9 Å². The van der Waals surface area contributed by atoms with Crippen LogP contribution in [0.1, 0.15) is 24.1 Å². The van der Waals surface area contributed by atoms with Crippen LogP contribution in [0.2, 0.25) is 0 Å². The van der Waals surface area contributed by atoms with E-state index >= 15 is 0 Å². The fraction of sp³-hybridized carbons (Fsp3) is 0.188. The summed E-state index contributed by atoms with van der Waals surface area (Å²) < 4.78 is 40.4. The van der Waals surface area contributed by atoms with Crippen molar-refractivity contribution in [3.8, 4) is 0 Å². The average molecular weight is 356 g/mol. The number of aliphatic imine (C=N–C) groups is 1. The Bertz CT molecular complexity index is 618. The van der Waals surface area contributed by atoms with Crippen molar-refractivity contribution in [1.29, 1.82) is 0 Å². The van der Waals surface area contributed by atoms with Gasteiger partial charge in [0.05, 0.1) is 6.04 Å². The lowest BCUT2D eigenvalue weighted by Gasteiger charge is -2.14. The molecule has 2 aromatic carbocycles. The predicted molar refractivity (Wildman–Crippen MR) is 81.6 cm³/mol. The summed E-state index contributed by atoms with van der Waals surface area (Å²) >= 11 is 3.21. The Morgan fingerprint density at radius 3 is 2.10 bits per heavy atom. The third kappa shape index (κ3) is 4.17. The molecule has 1 nitrogen and oxygen atoms in total. The van der Waals surface area contributed by atoms with Gasteiger partial charge in [-0.3, -0.25) is 4.99 Å². The maximum Gasteiger partial charge on any atom is 0.433 e. The van der Waals surface area contributed by atoms with Crippen molar-refractivity contribution in [1.82, 2.24) is 0 Å². The number of alkyl halides is 3. The number of benzene rings is 2. The van der Waals surface area contributed by atoms with Crippen LogP contribution in [-0.4, -0.2) is 11.9 Å². The summed E-state index contributed by atoms with van der Waals surface area (Å²) in [4.78, 5) is 3.89. The lowest BCUT2D eigenvalue weighted by molar-refractivity contribution is -0.0584. The van der Waals surface area contributed by atoms with Crippen LogP contribution in [0.4, 0.5) is 13.2 Å². The van der Waals surface area contributed by atoms with Gasteiger partial charge in [0.2, 0.25) is 0 Å². The summed E-state index contributed by atoms with van der Waals surface area (Å²) in [7, 11) is 0. The first-order valence-corrected chi connectivity index (χ1v) is 7.13. The molecule has 2 rings (SSSR count). The Morgan fingerprint density at radius 1 is 1.00 bits per heavy atom. The predicted octanol–water partition coefficient (Wildman–Crippen LogP) is 5.56. The summed E-state index contributed by atoms with van der Waals surface area (Å²) in [5.74, 6) is 0. The van der Waals surface area contributed by atoms with E-state index in [1.54, 1.807) is 43.3 Å². The second kappa shape index (κ2) is 6.43. The normalized spacial score (nSPS) is 14.0. The minimum Gasteiger partial charge on any atom is -0.272 e. The molecule has 0 spiro atoms. The van der Waals surface area contributed by atoms with Crippen molar-refractivity contribution in [3.05, 3.63) is 70.2 Å². The lowest BCUT2D eigenvalue weighted by atomic mass is 10.1. The van der Waals surface area contributed by atoms with Gasteiger partial charge in [0.1, 0.15) is 5.71 Å². The fourth-order valence-electron chi connectivity index (χ4n) is 1.92. The molecular formula is C16H13BrF3N. The van der Waals surface area contributed by atoms with E-state index in [9.17, 15) is 13.2 Å². The Kier molecular flexibility index (Phi) is 4.83. The summed E-state index contributed by atoms with van der Waals surface area (Å²) in [6.07, 6.45) is -4.49. The lowest BCUT2D eigenvalue weighted by Crippen LogP contribution is -2.24. The molecule has 0 heterocycles. The minimum absolute atomic E-state index is 0.0634. The number of hydrogen-bond donors (Lipinski definition) is 0. The molecule has 110 valence electrons. The fourth-order valence-corrected chi connectivity index (χ4v) is 2.18. The molecule has 2 aromatic rings. The third-order valence-electron chi connectivity index (χ3n) is 2.99. The maximum absolute atomic E-state index is 13.2. The van der Waals surface area contributed by atoms with Gasteiger partial charge in [-0.15, -0.1) is 0 Å². The molecular weight excluding hydrogens is 343 g/mol. The van der Waals surface area contributed by atoms with Crippen molar-refractivity contribution >= 4 is 21.6 Å². The average Bonchev–Trinajstić information content (AvgIpc) is 2.45. The third-order valence-corrected chi connectivity index (χ3v) is 3.52. The van der Waals surface area contributed by atoms with E-state index in [0.717, 1.165) is 10.0 Å². The standard InChI is InChI=1S/C16H13BrF3N/c1-11(12-5-3-2-4-6-12)21-15(16(18,19)20)13-7-9-14(17)10-8-13/h2-11H,1H3/t11-/m1/s1. The molecule has 1 atom stereocenters. The molecule has 0 aliphatic carbocycles. The number of halogens is 4. The highest BCUT2D eigenvalue weighted by Crippen LogP contribution is 2.27. The molecule has 21 heavy (non-hydrogen) atoms.